The lowest BCUT2D eigenvalue weighted by Crippen LogP contribution is -2.27. The third kappa shape index (κ3) is 2.51. The van der Waals surface area contributed by atoms with Gasteiger partial charge >= 0.3 is 0 Å². The predicted octanol–water partition coefficient (Wildman–Crippen LogP) is 2.60. The van der Waals surface area contributed by atoms with Crippen molar-refractivity contribution in [3.8, 4) is 0 Å². The molecule has 1 heterocycles. The summed E-state index contributed by atoms with van der Waals surface area (Å²) in [7, 11) is 0. The van der Waals surface area contributed by atoms with Crippen LogP contribution in [0.15, 0.2) is 18.2 Å². The fraction of sp³-hybridized carbons (Fsp3) is 0.364. The minimum atomic E-state index is -0.543. The van der Waals surface area contributed by atoms with Gasteiger partial charge in [0.15, 0.2) is 0 Å². The van der Waals surface area contributed by atoms with Crippen LogP contribution in [0.5, 0.6) is 0 Å². The maximum absolute atomic E-state index is 13.4. The summed E-state index contributed by atoms with van der Waals surface area (Å²) in [5.74, 6) is -0.849. The zero-order chi connectivity index (χ0) is 11.5. The molecule has 1 aliphatic heterocycles. The Labute approximate surface area is 97.5 Å². The molecule has 0 bridgehead atoms. The van der Waals surface area contributed by atoms with Gasteiger partial charge in [-0.3, -0.25) is 4.79 Å². The third-order valence-electron chi connectivity index (χ3n) is 2.41. The van der Waals surface area contributed by atoms with E-state index in [0.717, 1.165) is 12.5 Å². The van der Waals surface area contributed by atoms with Gasteiger partial charge in [0, 0.05) is 11.6 Å². The van der Waals surface area contributed by atoms with Crippen LogP contribution < -0.4 is 5.32 Å². The van der Waals surface area contributed by atoms with Crippen LogP contribution in [0.4, 0.5) is 10.1 Å². The molecule has 0 saturated carbocycles. The minimum absolute atomic E-state index is 0.130. The molecule has 1 amide bonds. The van der Waals surface area contributed by atoms with Crippen molar-refractivity contribution in [2.75, 3.05) is 11.9 Å². The molecule has 0 radical (unpaired) electrons. The number of carbonyl (C=O) groups excluding carboxylic acids is 1. The Balaban J connectivity index is 2.05. The molecule has 1 N–H and O–H groups in total. The van der Waals surface area contributed by atoms with Gasteiger partial charge in [-0.15, -0.1) is 0 Å². The van der Waals surface area contributed by atoms with Crippen molar-refractivity contribution in [1.82, 2.24) is 0 Å². The van der Waals surface area contributed by atoms with E-state index >= 15 is 0 Å². The average molecular weight is 244 g/mol. The van der Waals surface area contributed by atoms with E-state index in [1.807, 2.05) is 0 Å². The first-order valence-electron chi connectivity index (χ1n) is 5.04. The Morgan fingerprint density at radius 1 is 1.56 bits per heavy atom. The quantitative estimate of drug-likeness (QED) is 0.867. The molecule has 1 aliphatic rings. The average Bonchev–Trinajstić information content (AvgIpc) is 2.75. The standard InChI is InChI=1S/C11H11ClFNO2/c12-7-3-4-9(8(13)6-7)14-11(15)10-2-1-5-16-10/h3-4,6,10H,1-2,5H2,(H,14,15). The van der Waals surface area contributed by atoms with Gasteiger partial charge in [0.25, 0.3) is 5.91 Å². The van der Waals surface area contributed by atoms with E-state index in [0.29, 0.717) is 18.1 Å². The summed E-state index contributed by atoms with van der Waals surface area (Å²) in [6.07, 6.45) is 1.08. The molecule has 0 aliphatic carbocycles. The summed E-state index contributed by atoms with van der Waals surface area (Å²) < 4.78 is 18.5. The molecular formula is C11H11ClFNO2. The molecule has 1 saturated heterocycles. The molecule has 0 spiro atoms. The van der Waals surface area contributed by atoms with Crippen LogP contribution in [0.25, 0.3) is 0 Å². The van der Waals surface area contributed by atoms with Crippen molar-refractivity contribution in [3.63, 3.8) is 0 Å². The molecule has 86 valence electrons. The summed E-state index contributed by atoms with van der Waals surface area (Å²) in [6.45, 7) is 0.585. The molecule has 0 aromatic heterocycles. The van der Waals surface area contributed by atoms with Crippen LogP contribution in [0.3, 0.4) is 0 Å². The van der Waals surface area contributed by atoms with Crippen LogP contribution in [0.1, 0.15) is 12.8 Å². The molecule has 2 rings (SSSR count). The second-order valence-electron chi connectivity index (χ2n) is 3.62. The monoisotopic (exact) mass is 243 g/mol. The van der Waals surface area contributed by atoms with E-state index in [1.54, 1.807) is 0 Å². The van der Waals surface area contributed by atoms with Crippen LogP contribution >= 0.6 is 11.6 Å². The highest BCUT2D eigenvalue weighted by Crippen LogP contribution is 2.20. The third-order valence-corrected chi connectivity index (χ3v) is 2.65. The van der Waals surface area contributed by atoms with Crippen molar-refractivity contribution in [1.29, 1.82) is 0 Å². The Hall–Kier alpha value is -1.13. The lowest BCUT2D eigenvalue weighted by atomic mass is 10.2. The summed E-state index contributed by atoms with van der Waals surface area (Å²) >= 11 is 5.60. The number of nitrogens with one attached hydrogen (secondary N) is 1. The van der Waals surface area contributed by atoms with Crippen LogP contribution in [-0.4, -0.2) is 18.6 Å². The predicted molar refractivity (Wildman–Crippen MR) is 59.0 cm³/mol. The number of rotatable bonds is 2. The van der Waals surface area contributed by atoms with Gasteiger partial charge < -0.3 is 10.1 Å². The Kier molecular flexibility index (Phi) is 3.41. The number of hydrogen-bond donors (Lipinski definition) is 1. The summed E-state index contributed by atoms with van der Waals surface area (Å²) in [6, 6.07) is 4.12. The SMILES string of the molecule is O=C(Nc1ccc(Cl)cc1F)C1CCCO1. The zero-order valence-electron chi connectivity index (χ0n) is 8.50. The first-order valence-corrected chi connectivity index (χ1v) is 5.42. The number of benzene rings is 1. The van der Waals surface area contributed by atoms with Crippen LogP contribution in [0, 0.1) is 5.82 Å². The highest BCUT2D eigenvalue weighted by molar-refractivity contribution is 6.30. The van der Waals surface area contributed by atoms with E-state index in [9.17, 15) is 9.18 Å². The number of hydrogen-bond acceptors (Lipinski definition) is 2. The topological polar surface area (TPSA) is 38.3 Å². The summed E-state index contributed by atoms with van der Waals surface area (Å²) in [4.78, 5) is 11.6. The number of anilines is 1. The first-order chi connectivity index (χ1) is 7.66. The molecule has 1 fully saturated rings. The summed E-state index contributed by atoms with van der Waals surface area (Å²) in [5, 5.41) is 2.78. The van der Waals surface area contributed by atoms with E-state index in [-0.39, 0.29) is 11.6 Å². The van der Waals surface area contributed by atoms with E-state index in [1.165, 1.54) is 12.1 Å². The fourth-order valence-electron chi connectivity index (χ4n) is 1.59. The lowest BCUT2D eigenvalue weighted by molar-refractivity contribution is -0.124. The van der Waals surface area contributed by atoms with E-state index in [4.69, 9.17) is 16.3 Å². The fourth-order valence-corrected chi connectivity index (χ4v) is 1.75. The maximum Gasteiger partial charge on any atom is 0.253 e. The summed E-state index contributed by atoms with van der Waals surface area (Å²) in [5.41, 5.74) is 0.130. The maximum atomic E-state index is 13.4. The van der Waals surface area contributed by atoms with Crippen molar-refractivity contribution in [2.45, 2.75) is 18.9 Å². The number of carbonyl (C=O) groups is 1. The minimum Gasteiger partial charge on any atom is -0.368 e. The van der Waals surface area contributed by atoms with Gasteiger partial charge in [0.05, 0.1) is 5.69 Å². The van der Waals surface area contributed by atoms with Crippen LogP contribution in [-0.2, 0) is 9.53 Å². The first kappa shape index (κ1) is 11.4. The van der Waals surface area contributed by atoms with Gasteiger partial charge in [-0.2, -0.15) is 0 Å². The normalized spacial score (nSPS) is 19.8. The van der Waals surface area contributed by atoms with Gasteiger partial charge in [-0.05, 0) is 31.0 Å². The number of halogens is 2. The second-order valence-corrected chi connectivity index (χ2v) is 4.05. The molecule has 1 aromatic carbocycles. The molecule has 3 nitrogen and oxygen atoms in total. The molecule has 1 atom stereocenters. The Morgan fingerprint density at radius 3 is 3.00 bits per heavy atom. The van der Waals surface area contributed by atoms with Crippen molar-refractivity contribution in [3.05, 3.63) is 29.0 Å². The smallest absolute Gasteiger partial charge is 0.253 e. The largest absolute Gasteiger partial charge is 0.368 e. The number of ether oxygens (including phenoxy) is 1. The van der Waals surface area contributed by atoms with Gasteiger partial charge in [0.2, 0.25) is 0 Å². The molecule has 1 aromatic rings. The highest BCUT2D eigenvalue weighted by Gasteiger charge is 2.24. The Bertz CT molecular complexity index is 405. The van der Waals surface area contributed by atoms with Gasteiger partial charge in [-0.1, -0.05) is 11.6 Å². The van der Waals surface area contributed by atoms with E-state index in [2.05, 4.69) is 5.32 Å². The van der Waals surface area contributed by atoms with Gasteiger partial charge in [-0.25, -0.2) is 4.39 Å². The number of amides is 1. The zero-order valence-corrected chi connectivity index (χ0v) is 9.26. The molecule has 1 unspecified atom stereocenters. The lowest BCUT2D eigenvalue weighted by Gasteiger charge is -2.10. The van der Waals surface area contributed by atoms with Crippen molar-refractivity contribution in [2.24, 2.45) is 0 Å². The molecule has 5 heteroatoms. The second kappa shape index (κ2) is 4.80. The molecule has 16 heavy (non-hydrogen) atoms. The molecular weight excluding hydrogens is 233 g/mol. The van der Waals surface area contributed by atoms with Crippen molar-refractivity contribution >= 4 is 23.2 Å². The van der Waals surface area contributed by atoms with Gasteiger partial charge in [0.1, 0.15) is 11.9 Å². The van der Waals surface area contributed by atoms with E-state index < -0.39 is 11.9 Å². The van der Waals surface area contributed by atoms with Crippen LogP contribution in [0.2, 0.25) is 5.02 Å². The highest BCUT2D eigenvalue weighted by atomic mass is 35.5. The van der Waals surface area contributed by atoms with Crippen molar-refractivity contribution < 1.29 is 13.9 Å². The Morgan fingerprint density at radius 2 is 2.38 bits per heavy atom.